The lowest BCUT2D eigenvalue weighted by molar-refractivity contribution is -0.130. The summed E-state index contributed by atoms with van der Waals surface area (Å²) in [5.41, 5.74) is 4.73. The second-order valence-corrected chi connectivity index (χ2v) is 8.42. The number of carbonyl (C=O) groups excluding carboxylic acids is 1. The molecule has 3 aromatic rings. The zero-order valence-electron chi connectivity index (χ0n) is 18.8. The summed E-state index contributed by atoms with van der Waals surface area (Å²) in [4.78, 5) is 22.1. The Bertz CT molecular complexity index is 953. The van der Waals surface area contributed by atoms with Crippen LogP contribution in [0.3, 0.4) is 0 Å². The highest BCUT2D eigenvalue weighted by Crippen LogP contribution is 2.20. The van der Waals surface area contributed by atoms with Crippen molar-refractivity contribution in [3.63, 3.8) is 0 Å². The van der Waals surface area contributed by atoms with E-state index in [0.29, 0.717) is 6.54 Å². The van der Waals surface area contributed by atoms with Crippen molar-refractivity contribution in [2.24, 2.45) is 0 Å². The van der Waals surface area contributed by atoms with E-state index in [1.165, 1.54) is 11.1 Å². The largest absolute Gasteiger partial charge is 0.340 e. The lowest BCUT2D eigenvalue weighted by atomic mass is 10.0. The minimum atomic E-state index is -0.106. The molecule has 5 heteroatoms. The van der Waals surface area contributed by atoms with Crippen LogP contribution in [0.25, 0.3) is 0 Å². The quantitative estimate of drug-likeness (QED) is 0.622. The van der Waals surface area contributed by atoms with Crippen LogP contribution < -0.4 is 5.32 Å². The van der Waals surface area contributed by atoms with E-state index in [-0.39, 0.29) is 11.9 Å². The zero-order chi connectivity index (χ0) is 22.2. The summed E-state index contributed by atoms with van der Waals surface area (Å²) in [7, 11) is 0. The van der Waals surface area contributed by atoms with Crippen molar-refractivity contribution in [1.29, 1.82) is 0 Å². The second kappa shape index (κ2) is 11.0. The molecule has 0 bridgehead atoms. The maximum atomic E-state index is 13.1. The molecular formula is C27H32N4O. The lowest BCUT2D eigenvalue weighted by Crippen LogP contribution is -2.41. The smallest absolute Gasteiger partial charge is 0.236 e. The van der Waals surface area contributed by atoms with Gasteiger partial charge in [0.05, 0.1) is 18.3 Å². The number of hydrogen-bond donors (Lipinski definition) is 1. The van der Waals surface area contributed by atoms with Gasteiger partial charge < -0.3 is 4.90 Å². The molecule has 1 aliphatic heterocycles. The van der Waals surface area contributed by atoms with Gasteiger partial charge in [-0.05, 0) is 42.2 Å². The van der Waals surface area contributed by atoms with Crippen molar-refractivity contribution in [3.05, 3.63) is 101 Å². The van der Waals surface area contributed by atoms with Gasteiger partial charge in [-0.25, -0.2) is 0 Å². The molecule has 166 valence electrons. The van der Waals surface area contributed by atoms with Crippen molar-refractivity contribution in [3.8, 4) is 0 Å². The molecule has 1 amide bonds. The molecular weight excluding hydrogens is 396 g/mol. The van der Waals surface area contributed by atoms with E-state index in [2.05, 4.69) is 58.5 Å². The summed E-state index contributed by atoms with van der Waals surface area (Å²) >= 11 is 0. The van der Waals surface area contributed by atoms with E-state index in [1.807, 2.05) is 41.3 Å². The second-order valence-electron chi connectivity index (χ2n) is 8.42. The van der Waals surface area contributed by atoms with E-state index < -0.39 is 0 Å². The van der Waals surface area contributed by atoms with Gasteiger partial charge in [-0.2, -0.15) is 0 Å². The number of pyridine rings is 1. The third-order valence-corrected chi connectivity index (χ3v) is 6.17. The first kappa shape index (κ1) is 22.2. The zero-order valence-corrected chi connectivity index (χ0v) is 18.8. The molecule has 1 fully saturated rings. The Labute approximate surface area is 191 Å². The van der Waals surface area contributed by atoms with Gasteiger partial charge in [0.2, 0.25) is 5.91 Å². The normalized spacial score (nSPS) is 15.8. The Kier molecular flexibility index (Phi) is 7.64. The van der Waals surface area contributed by atoms with Gasteiger partial charge in [0.25, 0.3) is 0 Å². The highest BCUT2D eigenvalue weighted by Gasteiger charge is 2.21. The third-order valence-electron chi connectivity index (χ3n) is 6.17. The average Bonchev–Trinajstić information content (AvgIpc) is 3.08. The van der Waals surface area contributed by atoms with Crippen LogP contribution in [-0.2, 0) is 11.3 Å². The SMILES string of the molecule is Cc1ccccc1CN1CCCN(C(=O)CNC(c2ccccc2)c2ccccn2)CC1. The van der Waals surface area contributed by atoms with Gasteiger partial charge in [0.1, 0.15) is 0 Å². The van der Waals surface area contributed by atoms with Crippen LogP contribution >= 0.6 is 0 Å². The van der Waals surface area contributed by atoms with Crippen LogP contribution in [0.2, 0.25) is 0 Å². The number of benzene rings is 2. The number of aromatic nitrogens is 1. The molecule has 0 radical (unpaired) electrons. The predicted octanol–water partition coefficient (Wildman–Crippen LogP) is 3.80. The number of carbonyl (C=O) groups is 1. The molecule has 1 saturated heterocycles. The Morgan fingerprint density at radius 1 is 0.938 bits per heavy atom. The predicted molar refractivity (Wildman–Crippen MR) is 128 cm³/mol. The van der Waals surface area contributed by atoms with Crippen LogP contribution in [0.4, 0.5) is 0 Å². The lowest BCUT2D eigenvalue weighted by Gasteiger charge is -2.24. The molecule has 1 N–H and O–H groups in total. The molecule has 32 heavy (non-hydrogen) atoms. The summed E-state index contributed by atoms with van der Waals surface area (Å²) in [6.45, 7) is 6.92. The molecule has 1 atom stereocenters. The van der Waals surface area contributed by atoms with Crippen LogP contribution in [0.1, 0.15) is 34.8 Å². The minimum Gasteiger partial charge on any atom is -0.340 e. The van der Waals surface area contributed by atoms with E-state index in [0.717, 1.165) is 50.4 Å². The summed E-state index contributed by atoms with van der Waals surface area (Å²) < 4.78 is 0. The van der Waals surface area contributed by atoms with Crippen molar-refractivity contribution in [1.82, 2.24) is 20.1 Å². The fraction of sp³-hybridized carbons (Fsp3) is 0.333. The number of rotatable bonds is 7. The molecule has 2 aromatic carbocycles. The standard InChI is InChI=1S/C27H32N4O/c1-22-10-5-6-13-24(22)21-30-16-9-17-31(19-18-30)26(32)20-29-27(23-11-3-2-4-12-23)25-14-7-8-15-28-25/h2-8,10-15,27,29H,9,16-21H2,1H3. The number of nitrogens with one attached hydrogen (secondary N) is 1. The summed E-state index contributed by atoms with van der Waals surface area (Å²) in [6, 6.07) is 24.6. The first-order valence-corrected chi connectivity index (χ1v) is 11.4. The van der Waals surface area contributed by atoms with Gasteiger partial charge in [-0.1, -0.05) is 60.7 Å². The topological polar surface area (TPSA) is 48.5 Å². The summed E-state index contributed by atoms with van der Waals surface area (Å²) in [5.74, 6) is 0.152. The molecule has 0 spiro atoms. The number of amides is 1. The van der Waals surface area contributed by atoms with Gasteiger partial charge in [0.15, 0.2) is 0 Å². The van der Waals surface area contributed by atoms with Crippen LogP contribution in [0.5, 0.6) is 0 Å². The molecule has 1 unspecified atom stereocenters. The highest BCUT2D eigenvalue weighted by atomic mass is 16.2. The molecule has 0 aliphatic carbocycles. The van der Waals surface area contributed by atoms with Gasteiger partial charge >= 0.3 is 0 Å². The van der Waals surface area contributed by atoms with E-state index in [9.17, 15) is 4.79 Å². The Balaban J connectivity index is 1.35. The molecule has 0 saturated carbocycles. The number of nitrogens with zero attached hydrogens (tertiary/aromatic N) is 3. The van der Waals surface area contributed by atoms with E-state index in [1.54, 1.807) is 6.20 Å². The number of aryl methyl sites for hydroxylation is 1. The first-order valence-electron chi connectivity index (χ1n) is 11.4. The van der Waals surface area contributed by atoms with Crippen molar-refractivity contribution in [2.75, 3.05) is 32.7 Å². The first-order chi connectivity index (χ1) is 15.7. The van der Waals surface area contributed by atoms with Crippen molar-refractivity contribution >= 4 is 5.91 Å². The summed E-state index contributed by atoms with van der Waals surface area (Å²) in [5, 5.41) is 3.46. The molecule has 2 heterocycles. The monoisotopic (exact) mass is 428 g/mol. The fourth-order valence-electron chi connectivity index (χ4n) is 4.29. The summed E-state index contributed by atoms with van der Waals surface area (Å²) in [6.07, 6.45) is 2.80. The molecule has 1 aliphatic rings. The Hall–Kier alpha value is -3.02. The molecule has 4 rings (SSSR count). The molecule has 5 nitrogen and oxygen atoms in total. The maximum Gasteiger partial charge on any atom is 0.236 e. The van der Waals surface area contributed by atoms with Crippen molar-refractivity contribution < 1.29 is 4.79 Å². The average molecular weight is 429 g/mol. The van der Waals surface area contributed by atoms with Gasteiger partial charge in [-0.15, -0.1) is 0 Å². The van der Waals surface area contributed by atoms with Gasteiger partial charge in [0, 0.05) is 38.9 Å². The minimum absolute atomic E-state index is 0.106. The van der Waals surface area contributed by atoms with E-state index >= 15 is 0 Å². The number of hydrogen-bond acceptors (Lipinski definition) is 4. The Morgan fingerprint density at radius 2 is 1.72 bits per heavy atom. The highest BCUT2D eigenvalue weighted by molar-refractivity contribution is 5.78. The molecule has 1 aromatic heterocycles. The van der Waals surface area contributed by atoms with Crippen molar-refractivity contribution in [2.45, 2.75) is 25.9 Å². The maximum absolute atomic E-state index is 13.1. The fourth-order valence-corrected chi connectivity index (χ4v) is 4.29. The van der Waals surface area contributed by atoms with E-state index in [4.69, 9.17) is 0 Å². The van der Waals surface area contributed by atoms with Crippen LogP contribution in [0.15, 0.2) is 79.0 Å². The van der Waals surface area contributed by atoms with Crippen LogP contribution in [-0.4, -0.2) is 53.4 Å². The Morgan fingerprint density at radius 3 is 2.50 bits per heavy atom. The van der Waals surface area contributed by atoms with Gasteiger partial charge in [-0.3, -0.25) is 20.0 Å². The van der Waals surface area contributed by atoms with Crippen LogP contribution in [0, 0.1) is 6.92 Å². The third kappa shape index (κ3) is 5.81.